The van der Waals surface area contributed by atoms with Crippen molar-refractivity contribution in [1.82, 2.24) is 4.90 Å². The average molecular weight is 479 g/mol. The van der Waals surface area contributed by atoms with Crippen molar-refractivity contribution in [3.63, 3.8) is 0 Å². The average Bonchev–Trinajstić information content (AvgIpc) is 3.33. The highest BCUT2D eigenvalue weighted by Crippen LogP contribution is 2.43. The number of hydrogen-bond donors (Lipinski definition) is 1. The predicted molar refractivity (Wildman–Crippen MR) is 130 cm³/mol. The van der Waals surface area contributed by atoms with Crippen LogP contribution in [0.4, 0.5) is 5.69 Å². The van der Waals surface area contributed by atoms with E-state index in [1.807, 2.05) is 50.3 Å². The zero-order valence-electron chi connectivity index (χ0n) is 19.3. The van der Waals surface area contributed by atoms with Gasteiger partial charge in [-0.25, -0.2) is 4.79 Å². The fourth-order valence-corrected chi connectivity index (χ4v) is 5.45. The number of hydrogen-bond acceptors (Lipinski definition) is 7. The quantitative estimate of drug-likeness (QED) is 0.518. The molecule has 1 N–H and O–H groups in total. The zero-order valence-corrected chi connectivity index (χ0v) is 20.2. The summed E-state index contributed by atoms with van der Waals surface area (Å²) < 4.78 is 16.7. The Bertz CT molecular complexity index is 1230. The van der Waals surface area contributed by atoms with E-state index in [9.17, 15) is 9.59 Å². The summed E-state index contributed by atoms with van der Waals surface area (Å²) in [6.07, 6.45) is 1.99. The third-order valence-corrected chi connectivity index (χ3v) is 7.17. The van der Waals surface area contributed by atoms with Crippen LogP contribution < -0.4 is 5.32 Å². The lowest BCUT2D eigenvalue weighted by Gasteiger charge is -2.35. The van der Waals surface area contributed by atoms with E-state index in [0.717, 1.165) is 39.8 Å². The second-order valence-corrected chi connectivity index (χ2v) is 9.85. The lowest BCUT2D eigenvalue weighted by molar-refractivity contribution is -0.111. The lowest BCUT2D eigenvalue weighted by atomic mass is 10.0. The second-order valence-electron chi connectivity index (χ2n) is 8.73. The van der Waals surface area contributed by atoms with E-state index in [4.69, 9.17) is 14.2 Å². The first kappa shape index (κ1) is 22.6. The van der Waals surface area contributed by atoms with Crippen molar-refractivity contribution in [2.45, 2.75) is 29.2 Å². The number of morpholine rings is 1. The molecule has 3 heterocycles. The Labute approximate surface area is 202 Å². The van der Waals surface area contributed by atoms with Crippen molar-refractivity contribution in [3.8, 4) is 0 Å². The van der Waals surface area contributed by atoms with Crippen LogP contribution in [-0.4, -0.2) is 55.8 Å². The number of carbonyl (C=O) groups excluding carboxylic acids is 2. The molecule has 7 nitrogen and oxygen atoms in total. The summed E-state index contributed by atoms with van der Waals surface area (Å²) in [5.41, 5.74) is 3.10. The van der Waals surface area contributed by atoms with Crippen LogP contribution in [0.1, 0.15) is 29.8 Å². The molecule has 0 bridgehead atoms. The third-order valence-electron chi connectivity index (χ3n) is 6.10. The Morgan fingerprint density at radius 3 is 2.68 bits per heavy atom. The predicted octanol–water partition coefficient (Wildman–Crippen LogP) is 4.31. The largest absolute Gasteiger partial charge is 0.481 e. The van der Waals surface area contributed by atoms with Gasteiger partial charge in [-0.1, -0.05) is 30.0 Å². The molecule has 1 saturated heterocycles. The molecule has 0 saturated carbocycles. The molecule has 176 valence electrons. The Morgan fingerprint density at radius 1 is 1.15 bits per heavy atom. The topological polar surface area (TPSA) is 77.1 Å². The van der Waals surface area contributed by atoms with E-state index in [0.29, 0.717) is 30.1 Å². The number of benzene rings is 2. The molecule has 0 atom stereocenters. The Hall–Kier alpha value is -3.23. The highest BCUT2D eigenvalue weighted by molar-refractivity contribution is 7.99. The van der Waals surface area contributed by atoms with Crippen molar-refractivity contribution in [1.29, 1.82) is 0 Å². The number of amides is 1. The Morgan fingerprint density at radius 2 is 1.91 bits per heavy atom. The lowest BCUT2D eigenvalue weighted by Crippen LogP contribution is -2.41. The van der Waals surface area contributed by atoms with Gasteiger partial charge in [0.2, 0.25) is 0 Å². The van der Waals surface area contributed by atoms with E-state index in [-0.39, 0.29) is 11.9 Å². The number of ether oxygens (including phenoxy) is 3. The van der Waals surface area contributed by atoms with Gasteiger partial charge in [0.25, 0.3) is 5.91 Å². The van der Waals surface area contributed by atoms with Crippen molar-refractivity contribution in [3.05, 3.63) is 71.1 Å². The second kappa shape index (κ2) is 8.85. The fourth-order valence-electron chi connectivity index (χ4n) is 4.48. The summed E-state index contributed by atoms with van der Waals surface area (Å²) in [7, 11) is 1.37. The minimum Gasteiger partial charge on any atom is -0.481 e. The SMILES string of the molecule is COC(=O)c1ccccc1Sc1ccc2c(c1)NC(=O)C2=C1C=C(N2CCOCC2)C(C)(C)O1. The molecule has 1 amide bonds. The van der Waals surface area contributed by atoms with Crippen LogP contribution in [-0.2, 0) is 19.0 Å². The molecule has 2 aromatic carbocycles. The van der Waals surface area contributed by atoms with E-state index in [2.05, 4.69) is 10.2 Å². The van der Waals surface area contributed by atoms with Crippen LogP contribution in [0.5, 0.6) is 0 Å². The van der Waals surface area contributed by atoms with Crippen LogP contribution in [0.3, 0.4) is 0 Å². The van der Waals surface area contributed by atoms with Crippen molar-refractivity contribution >= 4 is 34.9 Å². The van der Waals surface area contributed by atoms with Gasteiger partial charge in [-0.05, 0) is 38.1 Å². The summed E-state index contributed by atoms with van der Waals surface area (Å²) in [5, 5.41) is 2.98. The molecule has 1 fully saturated rings. The van der Waals surface area contributed by atoms with Crippen molar-refractivity contribution < 1.29 is 23.8 Å². The number of rotatable bonds is 4. The van der Waals surface area contributed by atoms with Gasteiger partial charge in [0.05, 0.1) is 42.8 Å². The first-order valence-electron chi connectivity index (χ1n) is 11.2. The Balaban J connectivity index is 1.47. The maximum absolute atomic E-state index is 13.0. The molecule has 0 spiro atoms. The monoisotopic (exact) mass is 478 g/mol. The molecule has 5 rings (SSSR count). The molecule has 0 aromatic heterocycles. The molecule has 0 radical (unpaired) electrons. The zero-order chi connectivity index (χ0) is 23.9. The minimum atomic E-state index is -0.532. The molecular formula is C26H26N2O5S. The van der Waals surface area contributed by atoms with Crippen molar-refractivity contribution in [2.24, 2.45) is 0 Å². The normalized spacial score (nSPS) is 21.0. The number of nitrogens with one attached hydrogen (secondary N) is 1. The van der Waals surface area contributed by atoms with Gasteiger partial charge in [0.15, 0.2) is 0 Å². The number of esters is 1. The van der Waals surface area contributed by atoms with E-state index in [1.54, 1.807) is 12.1 Å². The first-order valence-corrected chi connectivity index (χ1v) is 12.0. The molecule has 0 aliphatic carbocycles. The maximum Gasteiger partial charge on any atom is 0.339 e. The van der Waals surface area contributed by atoms with Gasteiger partial charge in [0, 0.05) is 34.5 Å². The Kier molecular flexibility index (Phi) is 5.87. The fraction of sp³-hybridized carbons (Fsp3) is 0.308. The number of methoxy groups -OCH3 is 1. The van der Waals surface area contributed by atoms with Gasteiger partial charge in [-0.3, -0.25) is 4.79 Å². The summed E-state index contributed by atoms with van der Waals surface area (Å²) in [4.78, 5) is 29.1. The van der Waals surface area contributed by atoms with Gasteiger partial charge in [-0.2, -0.15) is 0 Å². The standard InChI is InChI=1S/C26H26N2O5S/c1-26(2)22(28-10-12-32-13-11-28)15-20(33-26)23-17-9-8-16(14-19(17)27-24(23)29)34-21-7-5-4-6-18(21)25(30)31-3/h4-9,14-15H,10-13H2,1-3H3,(H,27,29). The summed E-state index contributed by atoms with van der Waals surface area (Å²) >= 11 is 1.45. The molecule has 3 aliphatic heterocycles. The number of fused-ring (bicyclic) bond motifs is 1. The number of anilines is 1. The highest BCUT2D eigenvalue weighted by Gasteiger charge is 2.40. The van der Waals surface area contributed by atoms with Crippen LogP contribution in [0.25, 0.3) is 5.57 Å². The summed E-state index contributed by atoms with van der Waals surface area (Å²) in [5.74, 6) is 0.0185. The minimum absolute atomic E-state index is 0.183. The number of carbonyl (C=O) groups is 2. The number of nitrogens with zero attached hydrogens (tertiary/aromatic N) is 1. The first-order chi connectivity index (χ1) is 16.4. The van der Waals surface area contributed by atoms with E-state index in [1.165, 1.54) is 18.9 Å². The molecule has 3 aliphatic rings. The molecule has 2 aromatic rings. The molecule has 8 heteroatoms. The third kappa shape index (κ3) is 4.08. The number of allylic oxidation sites excluding steroid dienone is 1. The smallest absolute Gasteiger partial charge is 0.339 e. The van der Waals surface area contributed by atoms with Crippen LogP contribution in [0, 0.1) is 0 Å². The highest BCUT2D eigenvalue weighted by atomic mass is 32.2. The van der Waals surface area contributed by atoms with Crippen LogP contribution >= 0.6 is 11.8 Å². The van der Waals surface area contributed by atoms with Crippen LogP contribution in [0.15, 0.2) is 69.8 Å². The van der Waals surface area contributed by atoms with Gasteiger partial charge in [0.1, 0.15) is 11.4 Å². The maximum atomic E-state index is 13.0. The van der Waals surface area contributed by atoms with Gasteiger partial charge in [-0.15, -0.1) is 0 Å². The molecule has 34 heavy (non-hydrogen) atoms. The van der Waals surface area contributed by atoms with Crippen molar-refractivity contribution in [2.75, 3.05) is 38.7 Å². The van der Waals surface area contributed by atoms with Gasteiger partial charge < -0.3 is 24.4 Å². The summed E-state index contributed by atoms with van der Waals surface area (Å²) in [6.45, 7) is 7.02. The molecular weight excluding hydrogens is 452 g/mol. The van der Waals surface area contributed by atoms with E-state index >= 15 is 0 Å². The van der Waals surface area contributed by atoms with Gasteiger partial charge >= 0.3 is 5.97 Å². The van der Waals surface area contributed by atoms with E-state index < -0.39 is 5.60 Å². The summed E-state index contributed by atoms with van der Waals surface area (Å²) in [6, 6.07) is 13.1. The van der Waals surface area contributed by atoms with Crippen LogP contribution in [0.2, 0.25) is 0 Å². The molecule has 0 unspecified atom stereocenters.